The van der Waals surface area contributed by atoms with Crippen molar-refractivity contribution in [1.29, 1.82) is 0 Å². The lowest BCUT2D eigenvalue weighted by Gasteiger charge is -2.05. The monoisotopic (exact) mass is 204 g/mol. The highest BCUT2D eigenvalue weighted by Crippen LogP contribution is 2.15. The van der Waals surface area contributed by atoms with Crippen molar-refractivity contribution in [2.24, 2.45) is 0 Å². The molecule has 2 N–H and O–H groups in total. The summed E-state index contributed by atoms with van der Waals surface area (Å²) in [6, 6.07) is 7.19. The summed E-state index contributed by atoms with van der Waals surface area (Å²) in [5.41, 5.74) is 7.08. The van der Waals surface area contributed by atoms with E-state index in [0.29, 0.717) is 18.2 Å². The smallest absolute Gasteiger partial charge is 0.214 e. The minimum atomic E-state index is 0.378. The normalized spacial score (nSPS) is 10.2. The number of nitrogens with zero attached hydrogens (tertiary/aromatic N) is 1. The lowest BCUT2D eigenvalue weighted by molar-refractivity contribution is 0.260. The molecule has 0 spiro atoms. The minimum absolute atomic E-state index is 0.378. The number of hydrogen-bond acceptors (Lipinski definition) is 4. The molecule has 0 radical (unpaired) electrons. The van der Waals surface area contributed by atoms with E-state index in [9.17, 15) is 0 Å². The summed E-state index contributed by atoms with van der Waals surface area (Å²) in [5.74, 6) is 1.32. The van der Waals surface area contributed by atoms with Gasteiger partial charge in [0, 0.05) is 6.07 Å². The second kappa shape index (κ2) is 4.04. The van der Waals surface area contributed by atoms with Gasteiger partial charge in [-0.2, -0.15) is 0 Å². The molecule has 2 heterocycles. The van der Waals surface area contributed by atoms with Crippen molar-refractivity contribution in [1.82, 2.24) is 4.98 Å². The largest absolute Gasteiger partial charge is 0.469 e. The third kappa shape index (κ3) is 2.28. The van der Waals surface area contributed by atoms with Crippen molar-refractivity contribution >= 4 is 5.69 Å². The number of anilines is 1. The third-order valence-electron chi connectivity index (χ3n) is 2.04. The number of pyridine rings is 1. The van der Waals surface area contributed by atoms with Crippen LogP contribution in [0.2, 0.25) is 0 Å². The van der Waals surface area contributed by atoms with Crippen molar-refractivity contribution in [3.05, 3.63) is 42.0 Å². The molecule has 0 aliphatic heterocycles. The summed E-state index contributed by atoms with van der Waals surface area (Å²) in [7, 11) is 0. The van der Waals surface area contributed by atoms with E-state index in [0.717, 1.165) is 11.5 Å². The molecular formula is C11H12N2O2. The molecule has 0 saturated carbocycles. The Hall–Kier alpha value is -1.97. The van der Waals surface area contributed by atoms with E-state index in [1.54, 1.807) is 18.4 Å². The molecule has 15 heavy (non-hydrogen) atoms. The van der Waals surface area contributed by atoms with Crippen molar-refractivity contribution in [3.8, 4) is 5.88 Å². The molecule has 2 rings (SSSR count). The Morgan fingerprint density at radius 3 is 2.93 bits per heavy atom. The van der Waals surface area contributed by atoms with Crippen LogP contribution in [0.1, 0.15) is 11.5 Å². The molecule has 0 saturated heterocycles. The second-order valence-electron chi connectivity index (χ2n) is 3.19. The van der Waals surface area contributed by atoms with Gasteiger partial charge in [-0.15, -0.1) is 0 Å². The van der Waals surface area contributed by atoms with E-state index < -0.39 is 0 Å². The van der Waals surface area contributed by atoms with Crippen LogP contribution < -0.4 is 10.5 Å². The summed E-state index contributed by atoms with van der Waals surface area (Å²) in [6.07, 6.45) is 1.61. The average molecular weight is 204 g/mol. The fourth-order valence-electron chi connectivity index (χ4n) is 1.17. The molecule has 2 aromatic rings. The van der Waals surface area contributed by atoms with Gasteiger partial charge in [-0.1, -0.05) is 0 Å². The molecule has 0 bridgehead atoms. The van der Waals surface area contributed by atoms with E-state index in [1.165, 1.54) is 0 Å². The van der Waals surface area contributed by atoms with Crippen LogP contribution in [0.15, 0.2) is 34.9 Å². The van der Waals surface area contributed by atoms with Crippen molar-refractivity contribution < 1.29 is 9.15 Å². The first-order valence-corrected chi connectivity index (χ1v) is 4.64. The van der Waals surface area contributed by atoms with Crippen molar-refractivity contribution in [2.45, 2.75) is 13.5 Å². The number of furan rings is 1. The van der Waals surface area contributed by atoms with Gasteiger partial charge >= 0.3 is 0 Å². The Morgan fingerprint density at radius 2 is 2.27 bits per heavy atom. The fraction of sp³-hybridized carbons (Fsp3) is 0.182. The van der Waals surface area contributed by atoms with Crippen LogP contribution in [0, 0.1) is 6.92 Å². The number of rotatable bonds is 3. The predicted molar refractivity (Wildman–Crippen MR) is 56.4 cm³/mol. The summed E-state index contributed by atoms with van der Waals surface area (Å²) in [6.45, 7) is 2.22. The number of aryl methyl sites for hydroxylation is 1. The van der Waals surface area contributed by atoms with Gasteiger partial charge < -0.3 is 14.9 Å². The Kier molecular flexibility index (Phi) is 2.58. The van der Waals surface area contributed by atoms with Gasteiger partial charge in [0.15, 0.2) is 0 Å². The van der Waals surface area contributed by atoms with E-state index >= 15 is 0 Å². The summed E-state index contributed by atoms with van der Waals surface area (Å²) in [5, 5.41) is 0. The first kappa shape index (κ1) is 9.58. The van der Waals surface area contributed by atoms with E-state index in [4.69, 9.17) is 14.9 Å². The molecule has 2 aromatic heterocycles. The highest BCUT2D eigenvalue weighted by molar-refractivity contribution is 5.43. The predicted octanol–water partition coefficient (Wildman–Crippen LogP) is 2.14. The first-order chi connectivity index (χ1) is 7.25. The van der Waals surface area contributed by atoms with E-state index in [1.807, 2.05) is 19.1 Å². The number of hydrogen-bond donors (Lipinski definition) is 1. The van der Waals surface area contributed by atoms with Crippen LogP contribution in [-0.4, -0.2) is 4.98 Å². The SMILES string of the molecule is Cc1nc(OCc2ccco2)ccc1N. The number of nitrogens with two attached hydrogens (primary N) is 1. The Labute approximate surface area is 87.7 Å². The number of nitrogen functional groups attached to an aromatic ring is 1. The minimum Gasteiger partial charge on any atom is -0.469 e. The first-order valence-electron chi connectivity index (χ1n) is 4.64. The quantitative estimate of drug-likeness (QED) is 0.832. The molecule has 0 amide bonds. The Morgan fingerprint density at radius 1 is 1.40 bits per heavy atom. The van der Waals surface area contributed by atoms with Gasteiger partial charge in [0.25, 0.3) is 0 Å². The maximum atomic E-state index is 5.64. The molecule has 0 aromatic carbocycles. The van der Waals surface area contributed by atoms with Gasteiger partial charge in [0.05, 0.1) is 17.6 Å². The maximum absolute atomic E-state index is 5.64. The zero-order chi connectivity index (χ0) is 10.7. The molecule has 4 heteroatoms. The molecule has 0 unspecified atom stereocenters. The third-order valence-corrected chi connectivity index (χ3v) is 2.04. The number of ether oxygens (including phenoxy) is 1. The average Bonchev–Trinajstić information content (AvgIpc) is 2.73. The standard InChI is InChI=1S/C11H12N2O2/c1-8-10(12)4-5-11(13-8)15-7-9-3-2-6-14-9/h2-6H,7,12H2,1H3. The van der Waals surface area contributed by atoms with Crippen LogP contribution in [-0.2, 0) is 6.61 Å². The van der Waals surface area contributed by atoms with Gasteiger partial charge in [-0.25, -0.2) is 4.98 Å². The Bertz CT molecular complexity index is 438. The van der Waals surface area contributed by atoms with Gasteiger partial charge in [0.1, 0.15) is 12.4 Å². The highest BCUT2D eigenvalue weighted by Gasteiger charge is 2.01. The topological polar surface area (TPSA) is 61.3 Å². The van der Waals surface area contributed by atoms with E-state index in [2.05, 4.69) is 4.98 Å². The fourth-order valence-corrected chi connectivity index (χ4v) is 1.17. The summed E-state index contributed by atoms with van der Waals surface area (Å²) in [4.78, 5) is 4.18. The number of aromatic nitrogens is 1. The van der Waals surface area contributed by atoms with Gasteiger partial charge in [0.2, 0.25) is 5.88 Å². The summed E-state index contributed by atoms with van der Waals surface area (Å²) < 4.78 is 10.6. The molecular weight excluding hydrogens is 192 g/mol. The maximum Gasteiger partial charge on any atom is 0.214 e. The van der Waals surface area contributed by atoms with E-state index in [-0.39, 0.29) is 0 Å². The zero-order valence-electron chi connectivity index (χ0n) is 8.43. The van der Waals surface area contributed by atoms with Crippen molar-refractivity contribution in [3.63, 3.8) is 0 Å². The molecule has 0 fully saturated rings. The van der Waals surface area contributed by atoms with Crippen molar-refractivity contribution in [2.75, 3.05) is 5.73 Å². The Balaban J connectivity index is 2.02. The van der Waals surface area contributed by atoms with Crippen LogP contribution in [0.25, 0.3) is 0 Å². The second-order valence-corrected chi connectivity index (χ2v) is 3.19. The summed E-state index contributed by atoms with van der Waals surface area (Å²) >= 11 is 0. The molecule has 0 atom stereocenters. The molecule has 0 aliphatic carbocycles. The lowest BCUT2D eigenvalue weighted by Crippen LogP contribution is -1.99. The van der Waals surface area contributed by atoms with Crippen LogP contribution in [0.5, 0.6) is 5.88 Å². The highest BCUT2D eigenvalue weighted by atomic mass is 16.5. The van der Waals surface area contributed by atoms with Crippen LogP contribution in [0.3, 0.4) is 0 Å². The van der Waals surface area contributed by atoms with Gasteiger partial charge in [-0.3, -0.25) is 0 Å². The molecule has 0 aliphatic rings. The molecule has 78 valence electrons. The zero-order valence-corrected chi connectivity index (χ0v) is 8.43. The van der Waals surface area contributed by atoms with Gasteiger partial charge in [-0.05, 0) is 25.1 Å². The molecule has 4 nitrogen and oxygen atoms in total. The van der Waals surface area contributed by atoms with Crippen LogP contribution >= 0.6 is 0 Å². The van der Waals surface area contributed by atoms with Crippen LogP contribution in [0.4, 0.5) is 5.69 Å². The lowest BCUT2D eigenvalue weighted by atomic mass is 10.3.